The molecule has 0 amide bonds. The van der Waals surface area contributed by atoms with Crippen LogP contribution in [0.1, 0.15) is 39.7 Å². The number of methoxy groups -OCH3 is 1. The summed E-state index contributed by atoms with van der Waals surface area (Å²) in [6, 6.07) is 8.20. The maximum atomic E-state index is 6.78. The predicted octanol–water partition coefficient (Wildman–Crippen LogP) is 3.24. The van der Waals surface area contributed by atoms with Crippen LogP contribution in [-0.2, 0) is 5.54 Å². The molecule has 3 heteroatoms. The van der Waals surface area contributed by atoms with Crippen molar-refractivity contribution in [1.29, 1.82) is 0 Å². The highest BCUT2D eigenvalue weighted by atomic mass is 16.5. The second-order valence-electron chi connectivity index (χ2n) is 5.94. The van der Waals surface area contributed by atoms with Gasteiger partial charge in [-0.05, 0) is 43.1 Å². The van der Waals surface area contributed by atoms with E-state index in [2.05, 4.69) is 44.7 Å². The quantitative estimate of drug-likeness (QED) is 0.793. The summed E-state index contributed by atoms with van der Waals surface area (Å²) < 4.78 is 5.24. The molecule has 1 atom stereocenters. The monoisotopic (exact) mass is 278 g/mol. The second-order valence-corrected chi connectivity index (χ2v) is 5.94. The Hall–Kier alpha value is -1.06. The Kier molecular flexibility index (Phi) is 6.50. The zero-order chi connectivity index (χ0) is 15.2. The van der Waals surface area contributed by atoms with Crippen molar-refractivity contribution in [1.82, 2.24) is 4.90 Å². The molecule has 0 aliphatic heterocycles. The smallest absolute Gasteiger partial charge is 0.118 e. The van der Waals surface area contributed by atoms with E-state index in [9.17, 15) is 0 Å². The van der Waals surface area contributed by atoms with E-state index in [1.54, 1.807) is 7.11 Å². The van der Waals surface area contributed by atoms with E-state index < -0.39 is 0 Å². The van der Waals surface area contributed by atoms with E-state index in [1.165, 1.54) is 5.56 Å². The third kappa shape index (κ3) is 4.50. The maximum Gasteiger partial charge on any atom is 0.118 e. The molecule has 0 aliphatic carbocycles. The first-order valence-corrected chi connectivity index (χ1v) is 7.61. The van der Waals surface area contributed by atoms with Gasteiger partial charge in [0.05, 0.1) is 12.6 Å². The molecule has 0 saturated heterocycles. The van der Waals surface area contributed by atoms with Crippen LogP contribution in [0.3, 0.4) is 0 Å². The molecule has 0 aliphatic rings. The first-order valence-electron chi connectivity index (χ1n) is 7.61. The molecule has 0 bridgehead atoms. The Morgan fingerprint density at radius 2 is 1.70 bits per heavy atom. The Morgan fingerprint density at radius 3 is 2.10 bits per heavy atom. The van der Waals surface area contributed by atoms with Crippen molar-refractivity contribution in [3.05, 3.63) is 29.8 Å². The molecule has 114 valence electrons. The Morgan fingerprint density at radius 1 is 1.15 bits per heavy atom. The SMILES string of the molecule is CCN(CC)CC(N)(CC(C)C)c1ccc(OC)cc1. The second kappa shape index (κ2) is 7.65. The summed E-state index contributed by atoms with van der Waals surface area (Å²) >= 11 is 0. The standard InChI is InChI=1S/C17H30N2O/c1-6-19(7-2)13-17(18,12-14(3)4)15-8-10-16(20-5)11-9-15/h8-11,14H,6-7,12-13,18H2,1-5H3. The number of rotatable bonds is 8. The summed E-state index contributed by atoms with van der Waals surface area (Å²) in [5, 5.41) is 0. The van der Waals surface area contributed by atoms with Crippen molar-refractivity contribution in [3.63, 3.8) is 0 Å². The van der Waals surface area contributed by atoms with Gasteiger partial charge in [0.1, 0.15) is 5.75 Å². The third-order valence-electron chi connectivity index (χ3n) is 3.84. The highest BCUT2D eigenvalue weighted by molar-refractivity contribution is 5.32. The van der Waals surface area contributed by atoms with E-state index >= 15 is 0 Å². The van der Waals surface area contributed by atoms with Gasteiger partial charge in [-0.3, -0.25) is 0 Å². The molecule has 0 spiro atoms. The van der Waals surface area contributed by atoms with E-state index in [4.69, 9.17) is 10.5 Å². The van der Waals surface area contributed by atoms with E-state index in [1.807, 2.05) is 12.1 Å². The molecule has 0 aromatic heterocycles. The van der Waals surface area contributed by atoms with Crippen molar-refractivity contribution in [2.75, 3.05) is 26.7 Å². The van der Waals surface area contributed by atoms with Gasteiger partial charge >= 0.3 is 0 Å². The highest BCUT2D eigenvalue weighted by Crippen LogP contribution is 2.28. The molecule has 3 nitrogen and oxygen atoms in total. The molecule has 0 heterocycles. The molecule has 2 N–H and O–H groups in total. The molecule has 1 rings (SSSR count). The largest absolute Gasteiger partial charge is 0.497 e. The third-order valence-corrected chi connectivity index (χ3v) is 3.84. The zero-order valence-electron chi connectivity index (χ0n) is 13.6. The number of hydrogen-bond acceptors (Lipinski definition) is 3. The maximum absolute atomic E-state index is 6.78. The molecule has 0 fully saturated rings. The molecule has 1 unspecified atom stereocenters. The Bertz CT molecular complexity index is 384. The lowest BCUT2D eigenvalue weighted by Crippen LogP contribution is -2.48. The molecular formula is C17H30N2O. The minimum Gasteiger partial charge on any atom is -0.497 e. The molecule has 0 saturated carbocycles. The van der Waals surface area contributed by atoms with Crippen molar-refractivity contribution >= 4 is 0 Å². The minimum atomic E-state index is -0.299. The van der Waals surface area contributed by atoms with Crippen LogP contribution < -0.4 is 10.5 Å². The van der Waals surface area contributed by atoms with Gasteiger partial charge in [0, 0.05) is 6.54 Å². The van der Waals surface area contributed by atoms with Crippen LogP contribution in [0.5, 0.6) is 5.75 Å². The van der Waals surface area contributed by atoms with Gasteiger partial charge in [-0.15, -0.1) is 0 Å². The average molecular weight is 278 g/mol. The highest BCUT2D eigenvalue weighted by Gasteiger charge is 2.30. The lowest BCUT2D eigenvalue weighted by Gasteiger charge is -2.36. The van der Waals surface area contributed by atoms with E-state index in [0.717, 1.165) is 31.8 Å². The fourth-order valence-electron chi connectivity index (χ4n) is 2.77. The van der Waals surface area contributed by atoms with Crippen LogP contribution in [0.15, 0.2) is 24.3 Å². The summed E-state index contributed by atoms with van der Waals surface area (Å²) in [7, 11) is 1.69. The van der Waals surface area contributed by atoms with Crippen LogP contribution in [0, 0.1) is 5.92 Å². The molecule has 1 aromatic rings. The molecule has 1 aromatic carbocycles. The van der Waals surface area contributed by atoms with Gasteiger partial charge in [-0.1, -0.05) is 39.8 Å². The van der Waals surface area contributed by atoms with Gasteiger partial charge in [0.25, 0.3) is 0 Å². The number of benzene rings is 1. The van der Waals surface area contributed by atoms with E-state index in [-0.39, 0.29) is 5.54 Å². The van der Waals surface area contributed by atoms with Gasteiger partial charge in [0.2, 0.25) is 0 Å². The van der Waals surface area contributed by atoms with Gasteiger partial charge < -0.3 is 15.4 Å². The first-order chi connectivity index (χ1) is 9.45. The summed E-state index contributed by atoms with van der Waals surface area (Å²) in [6.45, 7) is 11.8. The van der Waals surface area contributed by atoms with Crippen molar-refractivity contribution < 1.29 is 4.74 Å². The first kappa shape index (κ1) is 17.0. The van der Waals surface area contributed by atoms with Crippen molar-refractivity contribution in [2.45, 2.75) is 39.7 Å². The predicted molar refractivity (Wildman–Crippen MR) is 86.1 cm³/mol. The molecular weight excluding hydrogens is 248 g/mol. The topological polar surface area (TPSA) is 38.5 Å². The minimum absolute atomic E-state index is 0.299. The number of nitrogens with zero attached hydrogens (tertiary/aromatic N) is 1. The Balaban J connectivity index is 3.01. The normalized spacial score (nSPS) is 14.6. The molecule has 0 radical (unpaired) electrons. The van der Waals surface area contributed by atoms with Gasteiger partial charge in [-0.25, -0.2) is 0 Å². The summed E-state index contributed by atoms with van der Waals surface area (Å²) in [4.78, 5) is 2.40. The molecule has 20 heavy (non-hydrogen) atoms. The fourth-order valence-corrected chi connectivity index (χ4v) is 2.77. The van der Waals surface area contributed by atoms with Crippen LogP contribution in [0.4, 0.5) is 0 Å². The lowest BCUT2D eigenvalue weighted by molar-refractivity contribution is 0.202. The number of likely N-dealkylation sites (N-methyl/N-ethyl adjacent to an activating group) is 1. The van der Waals surface area contributed by atoms with Crippen LogP contribution in [0.25, 0.3) is 0 Å². The summed E-state index contributed by atoms with van der Waals surface area (Å²) in [5.74, 6) is 1.45. The summed E-state index contributed by atoms with van der Waals surface area (Å²) in [5.41, 5.74) is 7.68. The number of ether oxygens (including phenoxy) is 1. The number of nitrogens with two attached hydrogens (primary N) is 1. The van der Waals surface area contributed by atoms with E-state index in [0.29, 0.717) is 5.92 Å². The fraction of sp³-hybridized carbons (Fsp3) is 0.647. The van der Waals surface area contributed by atoms with Gasteiger partial charge in [0.15, 0.2) is 0 Å². The summed E-state index contributed by atoms with van der Waals surface area (Å²) in [6.07, 6.45) is 0.982. The lowest BCUT2D eigenvalue weighted by atomic mass is 9.82. The zero-order valence-corrected chi connectivity index (χ0v) is 13.6. The number of hydrogen-bond donors (Lipinski definition) is 1. The Labute approximate surface area is 124 Å². The van der Waals surface area contributed by atoms with Crippen molar-refractivity contribution in [3.8, 4) is 5.75 Å². The average Bonchev–Trinajstić information content (AvgIpc) is 2.44. The van der Waals surface area contributed by atoms with Crippen LogP contribution in [0.2, 0.25) is 0 Å². The van der Waals surface area contributed by atoms with Gasteiger partial charge in [-0.2, -0.15) is 0 Å². The van der Waals surface area contributed by atoms with Crippen LogP contribution >= 0.6 is 0 Å². The van der Waals surface area contributed by atoms with Crippen molar-refractivity contribution in [2.24, 2.45) is 11.7 Å². The van der Waals surface area contributed by atoms with Crippen LogP contribution in [-0.4, -0.2) is 31.6 Å².